The van der Waals surface area contributed by atoms with Crippen LogP contribution in [-0.2, 0) is 32.6 Å². The summed E-state index contributed by atoms with van der Waals surface area (Å²) >= 11 is 6.49. The number of carbonyl (C=O) groups is 2. The van der Waals surface area contributed by atoms with Crippen molar-refractivity contribution < 1.29 is 18.0 Å². The first kappa shape index (κ1) is 31.2. The molecule has 0 spiro atoms. The topological polar surface area (TPSA) is 86.8 Å². The van der Waals surface area contributed by atoms with Crippen LogP contribution >= 0.6 is 11.6 Å². The Morgan fingerprint density at radius 3 is 2.23 bits per heavy atom. The summed E-state index contributed by atoms with van der Waals surface area (Å²) in [5, 5.41) is 3.43. The van der Waals surface area contributed by atoms with Crippen molar-refractivity contribution in [2.24, 2.45) is 5.92 Å². The molecular weight excluding hydrogens is 546 g/mol. The van der Waals surface area contributed by atoms with Gasteiger partial charge in [0.15, 0.2) is 0 Å². The van der Waals surface area contributed by atoms with Crippen LogP contribution < -0.4 is 9.62 Å². The van der Waals surface area contributed by atoms with Gasteiger partial charge in [-0.3, -0.25) is 13.9 Å². The summed E-state index contributed by atoms with van der Waals surface area (Å²) in [5.41, 5.74) is 3.54. The van der Waals surface area contributed by atoms with Crippen LogP contribution in [0.25, 0.3) is 0 Å². The van der Waals surface area contributed by atoms with Crippen molar-refractivity contribution >= 4 is 39.1 Å². The lowest BCUT2D eigenvalue weighted by Crippen LogP contribution is -2.53. The van der Waals surface area contributed by atoms with Gasteiger partial charge in [-0.2, -0.15) is 0 Å². The molecule has 214 valence electrons. The standard InChI is InChI=1S/C31H38ClN3O4S/c1-22(2)19-33-31(37)29(18-25-11-7-6-8-12-25)34(20-26-13-9-10-14-27(26)32)30(36)21-35(40(5,38)39)28-17-23(3)15-16-24(28)4/h6-17,22,29H,18-21H2,1-5H3,(H,33,37)/t29-/m0/s1. The number of benzene rings is 3. The molecule has 0 aliphatic carbocycles. The van der Waals surface area contributed by atoms with Crippen LogP contribution in [0, 0.1) is 19.8 Å². The molecule has 0 aromatic heterocycles. The number of nitrogens with zero attached hydrogens (tertiary/aromatic N) is 2. The Kier molecular flexibility index (Phi) is 10.8. The Labute approximate surface area is 243 Å². The zero-order valence-corrected chi connectivity index (χ0v) is 25.3. The number of sulfonamides is 1. The molecule has 0 fully saturated rings. The number of carbonyl (C=O) groups excluding carboxylic acids is 2. The van der Waals surface area contributed by atoms with Crippen molar-refractivity contribution in [3.63, 3.8) is 0 Å². The molecule has 3 rings (SSSR count). The van der Waals surface area contributed by atoms with Crippen molar-refractivity contribution in [2.75, 3.05) is 23.7 Å². The summed E-state index contributed by atoms with van der Waals surface area (Å²) in [6.45, 7) is 7.67. The largest absolute Gasteiger partial charge is 0.354 e. The van der Waals surface area contributed by atoms with E-state index in [1.165, 1.54) is 4.90 Å². The van der Waals surface area contributed by atoms with Crippen molar-refractivity contribution in [2.45, 2.75) is 46.7 Å². The second kappa shape index (κ2) is 13.8. The SMILES string of the molecule is Cc1ccc(C)c(N(CC(=O)N(Cc2ccccc2Cl)[C@@H](Cc2ccccc2)C(=O)NCC(C)C)S(C)(=O)=O)c1. The minimum Gasteiger partial charge on any atom is -0.354 e. The Morgan fingerprint density at radius 2 is 1.60 bits per heavy atom. The van der Waals surface area contributed by atoms with Gasteiger partial charge in [-0.1, -0.05) is 86.1 Å². The predicted octanol–water partition coefficient (Wildman–Crippen LogP) is 5.14. The van der Waals surface area contributed by atoms with Gasteiger partial charge in [-0.15, -0.1) is 0 Å². The van der Waals surface area contributed by atoms with Gasteiger partial charge in [0.05, 0.1) is 11.9 Å². The van der Waals surface area contributed by atoms with Crippen LogP contribution in [0.5, 0.6) is 0 Å². The van der Waals surface area contributed by atoms with Crippen molar-refractivity contribution in [3.8, 4) is 0 Å². The van der Waals surface area contributed by atoms with E-state index in [-0.39, 0.29) is 24.8 Å². The number of anilines is 1. The highest BCUT2D eigenvalue weighted by atomic mass is 35.5. The first-order chi connectivity index (χ1) is 18.9. The number of amides is 2. The van der Waals surface area contributed by atoms with E-state index in [1.807, 2.05) is 69.3 Å². The first-order valence-corrected chi connectivity index (χ1v) is 15.5. The van der Waals surface area contributed by atoms with Crippen LogP contribution in [0.15, 0.2) is 72.8 Å². The summed E-state index contributed by atoms with van der Waals surface area (Å²) in [7, 11) is -3.83. The lowest BCUT2D eigenvalue weighted by atomic mass is 10.0. The number of hydrogen-bond acceptors (Lipinski definition) is 4. The summed E-state index contributed by atoms with van der Waals surface area (Å²) < 4.78 is 27.1. The van der Waals surface area contributed by atoms with E-state index < -0.39 is 28.5 Å². The molecule has 0 aliphatic heterocycles. The third-order valence-corrected chi connectivity index (χ3v) is 8.06. The van der Waals surface area contributed by atoms with Gasteiger partial charge in [0.2, 0.25) is 21.8 Å². The monoisotopic (exact) mass is 583 g/mol. The fourth-order valence-electron chi connectivity index (χ4n) is 4.37. The fraction of sp³-hybridized carbons (Fsp3) is 0.355. The fourth-order valence-corrected chi connectivity index (χ4v) is 5.46. The summed E-state index contributed by atoms with van der Waals surface area (Å²) in [6, 6.07) is 21.1. The maximum absolute atomic E-state index is 14.2. The molecule has 40 heavy (non-hydrogen) atoms. The third kappa shape index (κ3) is 8.57. The van der Waals surface area contributed by atoms with Gasteiger partial charge in [0.25, 0.3) is 0 Å². The predicted molar refractivity (Wildman–Crippen MR) is 162 cm³/mol. The Morgan fingerprint density at radius 1 is 0.950 bits per heavy atom. The maximum Gasteiger partial charge on any atom is 0.244 e. The third-order valence-electron chi connectivity index (χ3n) is 6.57. The lowest BCUT2D eigenvalue weighted by Gasteiger charge is -2.34. The average molecular weight is 584 g/mol. The van der Waals surface area contributed by atoms with E-state index in [1.54, 1.807) is 31.2 Å². The van der Waals surface area contributed by atoms with Crippen LogP contribution in [0.3, 0.4) is 0 Å². The van der Waals surface area contributed by atoms with E-state index in [9.17, 15) is 18.0 Å². The van der Waals surface area contributed by atoms with Crippen molar-refractivity contribution in [1.29, 1.82) is 0 Å². The van der Waals surface area contributed by atoms with E-state index in [2.05, 4.69) is 5.32 Å². The minimum atomic E-state index is -3.83. The van der Waals surface area contributed by atoms with Gasteiger partial charge in [-0.05, 0) is 54.2 Å². The van der Waals surface area contributed by atoms with Crippen LogP contribution in [0.4, 0.5) is 5.69 Å². The number of aryl methyl sites for hydroxylation is 2. The van der Waals surface area contributed by atoms with Crippen LogP contribution in [-0.4, -0.2) is 50.5 Å². The molecule has 2 amide bonds. The molecule has 1 atom stereocenters. The highest BCUT2D eigenvalue weighted by Gasteiger charge is 2.33. The van der Waals surface area contributed by atoms with Gasteiger partial charge in [0.1, 0.15) is 12.6 Å². The van der Waals surface area contributed by atoms with Gasteiger partial charge in [-0.25, -0.2) is 8.42 Å². The molecule has 0 saturated heterocycles. The molecule has 9 heteroatoms. The molecule has 0 radical (unpaired) electrons. The Hall–Kier alpha value is -3.36. The van der Waals surface area contributed by atoms with E-state index in [0.717, 1.165) is 27.3 Å². The Bertz CT molecular complexity index is 1430. The van der Waals surface area contributed by atoms with E-state index >= 15 is 0 Å². The maximum atomic E-state index is 14.2. The number of hydrogen-bond donors (Lipinski definition) is 1. The minimum absolute atomic E-state index is 0.0372. The van der Waals surface area contributed by atoms with Gasteiger partial charge >= 0.3 is 0 Å². The summed E-state index contributed by atoms with van der Waals surface area (Å²) in [5.74, 6) is -0.610. The number of nitrogens with one attached hydrogen (secondary N) is 1. The molecule has 3 aromatic carbocycles. The van der Waals surface area contributed by atoms with E-state index in [0.29, 0.717) is 22.8 Å². The Balaban J connectivity index is 2.08. The lowest BCUT2D eigenvalue weighted by molar-refractivity contribution is -0.140. The molecule has 0 bridgehead atoms. The average Bonchev–Trinajstić information content (AvgIpc) is 2.90. The second-order valence-corrected chi connectivity index (χ2v) is 12.8. The summed E-state index contributed by atoms with van der Waals surface area (Å²) in [4.78, 5) is 29.3. The van der Waals surface area contributed by atoms with Crippen LogP contribution in [0.1, 0.15) is 36.1 Å². The molecular formula is C31H38ClN3O4S. The highest BCUT2D eigenvalue weighted by Crippen LogP contribution is 2.26. The smallest absolute Gasteiger partial charge is 0.244 e. The quantitative estimate of drug-likeness (QED) is 0.320. The zero-order valence-electron chi connectivity index (χ0n) is 23.7. The molecule has 0 heterocycles. The molecule has 0 unspecified atom stereocenters. The first-order valence-electron chi connectivity index (χ1n) is 13.3. The molecule has 1 N–H and O–H groups in total. The molecule has 0 saturated carbocycles. The molecule has 7 nitrogen and oxygen atoms in total. The van der Waals surface area contributed by atoms with Gasteiger partial charge in [0, 0.05) is 24.5 Å². The summed E-state index contributed by atoms with van der Waals surface area (Å²) in [6.07, 6.45) is 1.33. The van der Waals surface area contributed by atoms with Gasteiger partial charge < -0.3 is 10.2 Å². The highest BCUT2D eigenvalue weighted by molar-refractivity contribution is 7.92. The molecule has 0 aliphatic rings. The van der Waals surface area contributed by atoms with Crippen molar-refractivity contribution in [3.05, 3.63) is 100 Å². The van der Waals surface area contributed by atoms with Crippen LogP contribution in [0.2, 0.25) is 5.02 Å². The van der Waals surface area contributed by atoms with E-state index in [4.69, 9.17) is 11.6 Å². The van der Waals surface area contributed by atoms with Crippen molar-refractivity contribution in [1.82, 2.24) is 10.2 Å². The second-order valence-electron chi connectivity index (χ2n) is 10.5. The normalized spacial score (nSPS) is 12.2. The number of rotatable bonds is 12. The zero-order chi connectivity index (χ0) is 29.4. The number of halogens is 1. The molecule has 3 aromatic rings.